The van der Waals surface area contributed by atoms with Crippen molar-refractivity contribution in [3.05, 3.63) is 124 Å². The zero-order valence-corrected chi connectivity index (χ0v) is 23.5. The standard InChI is InChI=1S/C37H31NO2/c1-22-8-6-10-28-29-11-7-9-23(2)35(29)38(34(22)28)27-16-12-24(13-17-27)25-14-19-32-31(20-25)36(39)30-18-15-26(37(3,4)5)21-33(30)40-32/h6-21H,1-5H3. The van der Waals surface area contributed by atoms with Gasteiger partial charge in [-0.15, -0.1) is 0 Å². The number of hydrogen-bond donors (Lipinski definition) is 0. The second kappa shape index (κ2) is 8.69. The highest BCUT2D eigenvalue weighted by Gasteiger charge is 2.18. The van der Waals surface area contributed by atoms with Crippen LogP contribution in [-0.4, -0.2) is 4.57 Å². The van der Waals surface area contributed by atoms with Gasteiger partial charge in [-0.25, -0.2) is 0 Å². The van der Waals surface area contributed by atoms with Gasteiger partial charge in [0.1, 0.15) is 11.2 Å². The molecule has 2 aromatic heterocycles. The fourth-order valence-electron chi connectivity index (χ4n) is 6.02. The summed E-state index contributed by atoms with van der Waals surface area (Å²) in [5.74, 6) is 0. The molecule has 0 unspecified atom stereocenters. The zero-order chi connectivity index (χ0) is 27.8. The summed E-state index contributed by atoms with van der Waals surface area (Å²) in [5, 5.41) is 3.76. The normalized spacial score (nSPS) is 12.2. The predicted octanol–water partition coefficient (Wildman–Crippen LogP) is 9.62. The Morgan fingerprint density at radius 3 is 1.85 bits per heavy atom. The minimum atomic E-state index is -0.0195. The van der Waals surface area contributed by atoms with Crippen molar-refractivity contribution >= 4 is 43.7 Å². The van der Waals surface area contributed by atoms with Crippen molar-refractivity contribution < 1.29 is 4.42 Å². The van der Waals surface area contributed by atoms with Gasteiger partial charge in [0.2, 0.25) is 5.43 Å². The molecule has 0 radical (unpaired) electrons. The van der Waals surface area contributed by atoms with Gasteiger partial charge in [-0.1, -0.05) is 81.4 Å². The summed E-state index contributed by atoms with van der Waals surface area (Å²) in [5.41, 5.74) is 10.5. The van der Waals surface area contributed by atoms with Crippen LogP contribution in [0.1, 0.15) is 37.5 Å². The number of benzene rings is 5. The van der Waals surface area contributed by atoms with Crippen LogP contribution in [0.3, 0.4) is 0 Å². The molecule has 7 aromatic rings. The number of rotatable bonds is 2. The Morgan fingerprint density at radius 2 is 1.23 bits per heavy atom. The second-order valence-corrected chi connectivity index (χ2v) is 11.9. The number of para-hydroxylation sites is 2. The van der Waals surface area contributed by atoms with Crippen LogP contribution >= 0.6 is 0 Å². The molecule has 0 aliphatic rings. The van der Waals surface area contributed by atoms with E-state index in [1.165, 1.54) is 32.9 Å². The third-order valence-corrected chi connectivity index (χ3v) is 8.21. The van der Waals surface area contributed by atoms with Crippen molar-refractivity contribution in [2.24, 2.45) is 0 Å². The predicted molar refractivity (Wildman–Crippen MR) is 168 cm³/mol. The zero-order valence-electron chi connectivity index (χ0n) is 23.5. The van der Waals surface area contributed by atoms with Crippen LogP contribution < -0.4 is 5.43 Å². The molecule has 0 saturated heterocycles. The van der Waals surface area contributed by atoms with Crippen LogP contribution in [0.15, 0.2) is 106 Å². The fourth-order valence-corrected chi connectivity index (χ4v) is 6.02. The average molecular weight is 522 g/mol. The Bertz CT molecular complexity index is 2110. The highest BCUT2D eigenvalue weighted by molar-refractivity contribution is 6.11. The molecule has 2 heterocycles. The lowest BCUT2D eigenvalue weighted by molar-refractivity contribution is 0.587. The summed E-state index contributed by atoms with van der Waals surface area (Å²) in [6.45, 7) is 10.8. The second-order valence-electron chi connectivity index (χ2n) is 11.9. The number of hydrogen-bond acceptors (Lipinski definition) is 2. The maximum absolute atomic E-state index is 13.5. The summed E-state index contributed by atoms with van der Waals surface area (Å²) in [6, 6.07) is 33.5. The quantitative estimate of drug-likeness (QED) is 0.212. The molecule has 0 atom stereocenters. The number of aryl methyl sites for hydroxylation is 2. The van der Waals surface area contributed by atoms with E-state index < -0.39 is 0 Å². The molecule has 3 nitrogen and oxygen atoms in total. The lowest BCUT2D eigenvalue weighted by Gasteiger charge is -2.19. The van der Waals surface area contributed by atoms with Gasteiger partial charge < -0.3 is 8.98 Å². The van der Waals surface area contributed by atoms with Crippen LogP contribution in [0.5, 0.6) is 0 Å². The molecular formula is C37H31NO2. The Kier molecular flexibility index (Phi) is 5.30. The molecule has 0 N–H and O–H groups in total. The molecule has 3 heteroatoms. The lowest BCUT2D eigenvalue weighted by atomic mass is 9.86. The highest BCUT2D eigenvalue weighted by Crippen LogP contribution is 2.36. The van der Waals surface area contributed by atoms with E-state index in [0.29, 0.717) is 21.9 Å². The van der Waals surface area contributed by atoms with Gasteiger partial charge in [0, 0.05) is 16.5 Å². The minimum absolute atomic E-state index is 0.00594. The summed E-state index contributed by atoms with van der Waals surface area (Å²) in [7, 11) is 0. The van der Waals surface area contributed by atoms with Gasteiger partial charge in [-0.05, 0) is 83.5 Å². The molecule has 196 valence electrons. The third kappa shape index (κ3) is 3.69. The monoisotopic (exact) mass is 521 g/mol. The first kappa shape index (κ1) is 24.4. The maximum Gasteiger partial charge on any atom is 0.200 e. The van der Waals surface area contributed by atoms with Crippen LogP contribution in [0, 0.1) is 13.8 Å². The molecule has 0 amide bonds. The van der Waals surface area contributed by atoms with Gasteiger partial charge >= 0.3 is 0 Å². The van der Waals surface area contributed by atoms with Crippen LogP contribution in [0.4, 0.5) is 0 Å². The lowest BCUT2D eigenvalue weighted by Crippen LogP contribution is -2.11. The molecule has 0 saturated carbocycles. The number of aromatic nitrogens is 1. The van der Waals surface area contributed by atoms with Crippen molar-refractivity contribution in [3.8, 4) is 16.8 Å². The van der Waals surface area contributed by atoms with Crippen LogP contribution in [0.2, 0.25) is 0 Å². The minimum Gasteiger partial charge on any atom is -0.456 e. The van der Waals surface area contributed by atoms with Crippen molar-refractivity contribution in [2.75, 3.05) is 0 Å². The van der Waals surface area contributed by atoms with E-state index in [0.717, 1.165) is 22.4 Å². The Morgan fingerprint density at radius 1 is 0.600 bits per heavy atom. The van der Waals surface area contributed by atoms with E-state index in [-0.39, 0.29) is 10.8 Å². The summed E-state index contributed by atoms with van der Waals surface area (Å²) < 4.78 is 8.60. The van der Waals surface area contributed by atoms with E-state index >= 15 is 0 Å². The Balaban J connectivity index is 1.35. The first-order valence-electron chi connectivity index (χ1n) is 13.8. The molecule has 0 bridgehead atoms. The third-order valence-electron chi connectivity index (χ3n) is 8.21. The molecule has 40 heavy (non-hydrogen) atoms. The van der Waals surface area contributed by atoms with Gasteiger partial charge in [-0.3, -0.25) is 4.79 Å². The smallest absolute Gasteiger partial charge is 0.200 e. The maximum atomic E-state index is 13.5. The number of nitrogens with zero attached hydrogens (tertiary/aromatic N) is 1. The molecule has 5 aromatic carbocycles. The largest absolute Gasteiger partial charge is 0.456 e. The van der Waals surface area contributed by atoms with Gasteiger partial charge in [0.15, 0.2) is 0 Å². The molecule has 0 fully saturated rings. The molecule has 0 spiro atoms. The van der Waals surface area contributed by atoms with Gasteiger partial charge in [-0.2, -0.15) is 0 Å². The van der Waals surface area contributed by atoms with E-state index in [9.17, 15) is 4.79 Å². The average Bonchev–Trinajstić information content (AvgIpc) is 3.29. The highest BCUT2D eigenvalue weighted by atomic mass is 16.3. The van der Waals surface area contributed by atoms with E-state index in [2.05, 4.69) is 99.8 Å². The topological polar surface area (TPSA) is 35.1 Å². The Labute approximate surface area is 233 Å². The van der Waals surface area contributed by atoms with Gasteiger partial charge in [0.25, 0.3) is 0 Å². The summed E-state index contributed by atoms with van der Waals surface area (Å²) in [6.07, 6.45) is 0. The van der Waals surface area contributed by atoms with E-state index in [1.807, 2.05) is 36.4 Å². The first-order chi connectivity index (χ1) is 19.2. The molecular weight excluding hydrogens is 490 g/mol. The van der Waals surface area contributed by atoms with Crippen LogP contribution in [-0.2, 0) is 5.41 Å². The number of fused-ring (bicyclic) bond motifs is 5. The molecule has 0 aliphatic carbocycles. The van der Waals surface area contributed by atoms with Crippen molar-refractivity contribution in [1.82, 2.24) is 4.57 Å². The summed E-state index contributed by atoms with van der Waals surface area (Å²) >= 11 is 0. The summed E-state index contributed by atoms with van der Waals surface area (Å²) in [4.78, 5) is 13.5. The fraction of sp³-hybridized carbons (Fsp3) is 0.162. The SMILES string of the molecule is Cc1cccc2c3cccc(C)c3n(-c3ccc(-c4ccc5oc6cc(C(C)(C)C)ccc6c(=O)c5c4)cc3)c12. The van der Waals surface area contributed by atoms with Gasteiger partial charge in [0.05, 0.1) is 21.8 Å². The molecule has 7 rings (SSSR count). The van der Waals surface area contributed by atoms with E-state index in [4.69, 9.17) is 4.42 Å². The van der Waals surface area contributed by atoms with Crippen molar-refractivity contribution in [2.45, 2.75) is 40.0 Å². The molecule has 0 aliphatic heterocycles. The first-order valence-corrected chi connectivity index (χ1v) is 13.8. The van der Waals surface area contributed by atoms with Crippen molar-refractivity contribution in [3.63, 3.8) is 0 Å². The Hall–Kier alpha value is -4.63. The van der Waals surface area contributed by atoms with Crippen LogP contribution in [0.25, 0.3) is 60.6 Å². The van der Waals surface area contributed by atoms with Crippen molar-refractivity contribution in [1.29, 1.82) is 0 Å². The van der Waals surface area contributed by atoms with E-state index in [1.54, 1.807) is 0 Å².